The minimum absolute atomic E-state index is 0.0635. The molecule has 0 fully saturated rings. The Morgan fingerprint density at radius 2 is 1.07 bits per heavy atom. The molecule has 4 aromatic rings. The summed E-state index contributed by atoms with van der Waals surface area (Å²) in [6.07, 6.45) is 1.39. The normalized spacial score (nSPS) is 18.4. The van der Waals surface area contributed by atoms with E-state index in [2.05, 4.69) is 66.7 Å². The fraction of sp³-hybridized carbons (Fsp3) is 0.500. The van der Waals surface area contributed by atoms with Crippen molar-refractivity contribution in [2.45, 2.75) is 60.6 Å². The van der Waals surface area contributed by atoms with E-state index in [1.54, 1.807) is 24.1 Å². The highest BCUT2D eigenvalue weighted by Crippen LogP contribution is 2.43. The number of carbonyl (C=O) groups is 2. The monoisotopic (exact) mass is 1130 g/mol. The molecule has 0 aliphatic carbocycles. The van der Waals surface area contributed by atoms with E-state index < -0.39 is 10.0 Å². The lowest BCUT2D eigenvalue weighted by atomic mass is 9.84. The molecule has 0 aromatic heterocycles. The zero-order valence-corrected chi connectivity index (χ0v) is 46.5. The molecule has 2 unspecified atom stereocenters. The van der Waals surface area contributed by atoms with Crippen LogP contribution in [0.2, 0.25) is 20.1 Å². The molecule has 402 valence electrons. The molecule has 4 amide bonds. The predicted octanol–water partition coefficient (Wildman–Crippen LogP) is 7.93. The number of sulfonamides is 1. The van der Waals surface area contributed by atoms with Crippen LogP contribution in [-0.2, 0) is 55.1 Å². The van der Waals surface area contributed by atoms with E-state index in [1.807, 2.05) is 31.3 Å². The second kappa shape index (κ2) is 27.2. The Bertz CT molecular complexity index is 2710. The van der Waals surface area contributed by atoms with Gasteiger partial charge in [0.25, 0.3) is 0 Å². The Balaban J connectivity index is 0.582. The number of amides is 4. The SMILES string of the molecule is CN1Cc2c(Cl)cc(Cl)cc2C(c2ccc3c(c2)SN(CCOCCOCCNC(=O)NCCCCNC(=O)NCCOCCOCCN2Cc4ccc(C5CN(C)Cc6c(Cl)cc(Cl)cc65)cc4S2(=O)=O)C3)C1. The minimum Gasteiger partial charge on any atom is -0.378 e. The Morgan fingerprint density at radius 1 is 0.581 bits per heavy atom. The number of hydrogen-bond acceptors (Lipinski definition) is 12. The van der Waals surface area contributed by atoms with Crippen molar-refractivity contribution in [2.24, 2.45) is 0 Å². The van der Waals surface area contributed by atoms with Gasteiger partial charge in [0, 0.05) is 115 Å². The maximum absolute atomic E-state index is 13.6. The first-order valence-corrected chi connectivity index (χ1v) is 28.8. The van der Waals surface area contributed by atoms with Crippen molar-refractivity contribution in [1.29, 1.82) is 0 Å². The fourth-order valence-electron chi connectivity index (χ4n) is 9.75. The number of nitrogens with zero attached hydrogens (tertiary/aromatic N) is 4. The molecule has 4 aliphatic heterocycles. The maximum atomic E-state index is 13.6. The van der Waals surface area contributed by atoms with E-state index in [-0.39, 0.29) is 50.2 Å². The molecule has 0 saturated heterocycles. The van der Waals surface area contributed by atoms with Gasteiger partial charge in [-0.25, -0.2) is 22.3 Å². The molecular formula is C52H66Cl4N8O8S2. The van der Waals surface area contributed by atoms with Gasteiger partial charge in [0.05, 0.1) is 57.8 Å². The maximum Gasteiger partial charge on any atom is 0.314 e. The standard InChI is InChI=1S/C52H66Cl4N8O8S2/c1-61-31-43(41-25-39(53)27-47(55)45(41)33-61)35-5-7-37-29-63(73-49(37)23-35)13-17-71-21-19-69-15-11-59-51(65)57-9-3-4-10-58-52(66)60-12-16-70-20-22-72-18-14-64-30-38-8-6-36(24-50(38)74(64,67)68)44-32-62(2)34-46-42(44)26-40(54)28-48(46)56/h5-8,23-28,43-44H,3-4,9-22,29-34H2,1-2H3,(H2,57,59,65)(H2,58,60,66). The molecule has 4 aliphatic rings. The summed E-state index contributed by atoms with van der Waals surface area (Å²) in [6.45, 7) is 9.91. The molecule has 22 heteroatoms. The van der Waals surface area contributed by atoms with Gasteiger partial charge in [-0.05, 0) is 120 Å². The quantitative estimate of drug-likeness (QED) is 0.0375. The highest BCUT2D eigenvalue weighted by atomic mass is 35.5. The van der Waals surface area contributed by atoms with Crippen LogP contribution in [0, 0.1) is 0 Å². The minimum atomic E-state index is -3.68. The van der Waals surface area contributed by atoms with Crippen LogP contribution in [-0.4, -0.2) is 158 Å². The highest BCUT2D eigenvalue weighted by Gasteiger charge is 2.36. The van der Waals surface area contributed by atoms with Gasteiger partial charge in [0.1, 0.15) is 0 Å². The van der Waals surface area contributed by atoms with Crippen LogP contribution in [0.4, 0.5) is 9.59 Å². The Morgan fingerprint density at radius 3 is 1.62 bits per heavy atom. The number of benzene rings is 4. The van der Waals surface area contributed by atoms with E-state index in [0.717, 1.165) is 65.6 Å². The molecule has 0 bridgehead atoms. The van der Waals surface area contributed by atoms with Crippen LogP contribution in [0.25, 0.3) is 0 Å². The molecule has 8 rings (SSSR count). The van der Waals surface area contributed by atoms with Gasteiger partial charge in [-0.3, -0.25) is 0 Å². The summed E-state index contributed by atoms with van der Waals surface area (Å²) < 4.78 is 53.6. The van der Waals surface area contributed by atoms with E-state index in [0.29, 0.717) is 105 Å². The number of urea groups is 2. The van der Waals surface area contributed by atoms with Crippen LogP contribution in [0.15, 0.2) is 70.5 Å². The number of ether oxygens (including phenoxy) is 4. The van der Waals surface area contributed by atoms with Crippen molar-refractivity contribution < 1.29 is 37.0 Å². The van der Waals surface area contributed by atoms with Crippen molar-refractivity contribution in [3.05, 3.63) is 125 Å². The largest absolute Gasteiger partial charge is 0.378 e. The number of carbonyl (C=O) groups excluding carboxylic acids is 2. The van der Waals surface area contributed by atoms with Gasteiger partial charge >= 0.3 is 12.1 Å². The summed E-state index contributed by atoms with van der Waals surface area (Å²) in [5.74, 6) is 0.143. The molecule has 16 nitrogen and oxygen atoms in total. The predicted molar refractivity (Wildman–Crippen MR) is 291 cm³/mol. The molecule has 0 spiro atoms. The van der Waals surface area contributed by atoms with Gasteiger partial charge in [0.2, 0.25) is 10.0 Å². The molecule has 0 saturated carbocycles. The molecular weight excluding hydrogens is 1070 g/mol. The highest BCUT2D eigenvalue weighted by molar-refractivity contribution is 7.97. The molecule has 2 atom stereocenters. The number of hydrogen-bond donors (Lipinski definition) is 4. The van der Waals surface area contributed by atoms with Crippen LogP contribution in [0.5, 0.6) is 0 Å². The zero-order chi connectivity index (χ0) is 52.2. The first-order chi connectivity index (χ1) is 35.7. The van der Waals surface area contributed by atoms with Gasteiger partial charge < -0.3 is 50.0 Å². The molecule has 4 N–H and O–H groups in total. The zero-order valence-electron chi connectivity index (χ0n) is 41.9. The van der Waals surface area contributed by atoms with Gasteiger partial charge in [-0.15, -0.1) is 0 Å². The third kappa shape index (κ3) is 15.2. The van der Waals surface area contributed by atoms with Crippen LogP contribution >= 0.6 is 58.4 Å². The Hall–Kier alpha value is -3.44. The number of nitrogens with one attached hydrogen (secondary N) is 4. The van der Waals surface area contributed by atoms with E-state index in [4.69, 9.17) is 65.4 Å². The van der Waals surface area contributed by atoms with E-state index in [9.17, 15) is 18.0 Å². The van der Waals surface area contributed by atoms with Gasteiger partial charge in [-0.1, -0.05) is 70.7 Å². The summed E-state index contributed by atoms with van der Waals surface area (Å²) in [6, 6.07) is 19.5. The Labute approximate surface area is 459 Å². The third-order valence-corrected chi connectivity index (χ3v) is 17.6. The number of unbranched alkanes of at least 4 members (excludes halogenated alkanes) is 1. The lowest BCUT2D eigenvalue weighted by molar-refractivity contribution is 0.0459. The van der Waals surface area contributed by atoms with Crippen molar-refractivity contribution >= 4 is 80.4 Å². The first-order valence-electron chi connectivity index (χ1n) is 25.1. The average Bonchev–Trinajstić information content (AvgIpc) is 3.90. The second-order valence-corrected chi connectivity index (χ2v) is 23.7. The Kier molecular flexibility index (Phi) is 20.9. The van der Waals surface area contributed by atoms with E-state index in [1.165, 1.54) is 25.9 Å². The summed E-state index contributed by atoms with van der Waals surface area (Å²) in [5.41, 5.74) is 8.66. The molecule has 74 heavy (non-hydrogen) atoms. The molecule has 4 aromatic carbocycles. The number of likely N-dealkylation sites (N-methyl/N-ethyl adjacent to an activating group) is 2. The number of fused-ring (bicyclic) bond motifs is 4. The molecule has 0 radical (unpaired) electrons. The first kappa shape index (κ1) is 56.8. The van der Waals surface area contributed by atoms with Crippen LogP contribution in [0.1, 0.15) is 69.2 Å². The molecule has 4 heterocycles. The second-order valence-electron chi connectivity index (χ2n) is 19.0. The van der Waals surface area contributed by atoms with E-state index >= 15 is 0 Å². The average molecular weight is 1140 g/mol. The lowest BCUT2D eigenvalue weighted by Crippen LogP contribution is -2.39. The van der Waals surface area contributed by atoms with Crippen molar-refractivity contribution in [2.75, 3.05) is 119 Å². The topological polar surface area (TPSA) is 166 Å². The summed E-state index contributed by atoms with van der Waals surface area (Å²) in [5, 5.41) is 13.7. The van der Waals surface area contributed by atoms with Crippen molar-refractivity contribution in [3.63, 3.8) is 0 Å². The fourth-order valence-corrected chi connectivity index (χ4v) is 13.6. The summed E-state index contributed by atoms with van der Waals surface area (Å²) >= 11 is 27.7. The van der Waals surface area contributed by atoms with Gasteiger partial charge in [0.15, 0.2) is 0 Å². The summed E-state index contributed by atoms with van der Waals surface area (Å²) in [4.78, 5) is 30.4. The number of halogens is 4. The van der Waals surface area contributed by atoms with Gasteiger partial charge in [-0.2, -0.15) is 4.31 Å². The van der Waals surface area contributed by atoms with Crippen molar-refractivity contribution in [1.82, 2.24) is 39.7 Å². The van der Waals surface area contributed by atoms with Crippen LogP contribution < -0.4 is 21.3 Å². The smallest absolute Gasteiger partial charge is 0.314 e. The number of rotatable bonds is 25. The van der Waals surface area contributed by atoms with Crippen LogP contribution in [0.3, 0.4) is 0 Å². The lowest BCUT2D eigenvalue weighted by Gasteiger charge is -2.33. The summed E-state index contributed by atoms with van der Waals surface area (Å²) in [7, 11) is 0.467. The van der Waals surface area contributed by atoms with Crippen molar-refractivity contribution in [3.8, 4) is 0 Å². The third-order valence-electron chi connectivity index (χ3n) is 13.5.